The number of anilines is 1. The summed E-state index contributed by atoms with van der Waals surface area (Å²) in [5.74, 6) is -0.0233. The number of amides is 1. The Labute approximate surface area is 134 Å². The third kappa shape index (κ3) is 4.70. The van der Waals surface area contributed by atoms with Crippen LogP contribution in [0.3, 0.4) is 0 Å². The molecule has 0 radical (unpaired) electrons. The normalized spacial score (nSPS) is 15.2. The number of nitrogens with one attached hydrogen (secondary N) is 2. The molecule has 1 aromatic carbocycles. The Morgan fingerprint density at radius 1 is 1.23 bits per heavy atom. The third-order valence-electron chi connectivity index (χ3n) is 3.68. The fourth-order valence-corrected chi connectivity index (χ4v) is 2.59. The molecule has 1 heterocycles. The molecule has 0 aliphatic carbocycles. The van der Waals surface area contributed by atoms with Crippen LogP contribution in [0.2, 0.25) is 0 Å². The minimum Gasteiger partial charge on any atom is -0.465 e. The first kappa shape index (κ1) is 16.2. The topological polar surface area (TPSA) is 81.7 Å². The molecule has 0 spiro atoms. The molecule has 0 saturated carbocycles. The van der Waals surface area contributed by atoms with E-state index in [9.17, 15) is 9.59 Å². The molecule has 0 bridgehead atoms. The molecule has 22 heavy (non-hydrogen) atoms. The molecule has 1 aliphatic heterocycles. The minimum absolute atomic E-state index is 0.0715. The van der Waals surface area contributed by atoms with E-state index >= 15 is 0 Å². The highest BCUT2D eigenvalue weighted by molar-refractivity contribution is 7.80. The summed E-state index contributed by atoms with van der Waals surface area (Å²) in [6, 6.07) is 9.47. The molecule has 0 unspecified atom stereocenters. The molecule has 1 aliphatic rings. The summed E-state index contributed by atoms with van der Waals surface area (Å²) in [6.45, 7) is 0.993. The summed E-state index contributed by atoms with van der Waals surface area (Å²) >= 11 is 5.15. The number of ketones is 1. The third-order valence-corrected chi connectivity index (χ3v) is 3.92. The lowest BCUT2D eigenvalue weighted by molar-refractivity contribution is -0.123. The number of para-hydroxylation sites is 1. The quantitative estimate of drug-likeness (QED) is 0.735. The van der Waals surface area contributed by atoms with Crippen molar-refractivity contribution in [1.82, 2.24) is 10.2 Å². The molecule has 1 saturated heterocycles. The van der Waals surface area contributed by atoms with Gasteiger partial charge in [0.15, 0.2) is 10.9 Å². The lowest BCUT2D eigenvalue weighted by Crippen LogP contribution is -2.42. The van der Waals surface area contributed by atoms with Gasteiger partial charge in [0, 0.05) is 24.7 Å². The lowest BCUT2D eigenvalue weighted by atomic mass is 9.92. The van der Waals surface area contributed by atoms with Crippen LogP contribution in [0.15, 0.2) is 30.3 Å². The fourth-order valence-electron chi connectivity index (χ4n) is 2.40. The first-order chi connectivity index (χ1) is 10.6. The zero-order chi connectivity index (χ0) is 15.9. The van der Waals surface area contributed by atoms with Crippen LogP contribution in [-0.2, 0) is 4.79 Å². The van der Waals surface area contributed by atoms with Gasteiger partial charge in [-0.15, -0.1) is 0 Å². The second-order valence-corrected chi connectivity index (χ2v) is 5.59. The maximum Gasteiger partial charge on any atom is 0.407 e. The number of hydrogen-bond donors (Lipinski definition) is 3. The Bertz CT molecular complexity index is 542. The average Bonchev–Trinajstić information content (AvgIpc) is 2.53. The van der Waals surface area contributed by atoms with Crippen molar-refractivity contribution in [2.75, 3.05) is 25.0 Å². The van der Waals surface area contributed by atoms with E-state index in [1.807, 2.05) is 30.3 Å². The van der Waals surface area contributed by atoms with Gasteiger partial charge in [0.05, 0.1) is 6.54 Å². The fraction of sp³-hybridized carbons (Fsp3) is 0.400. The van der Waals surface area contributed by atoms with Crippen molar-refractivity contribution >= 4 is 34.9 Å². The van der Waals surface area contributed by atoms with Crippen molar-refractivity contribution in [2.24, 2.45) is 5.92 Å². The Morgan fingerprint density at radius 3 is 2.45 bits per heavy atom. The number of carbonyl (C=O) groups excluding carboxylic acids is 1. The van der Waals surface area contributed by atoms with E-state index in [0.29, 0.717) is 31.0 Å². The SMILES string of the molecule is O=C(CNC(=S)Nc1ccccc1)C1CCN(C(=O)O)CC1. The van der Waals surface area contributed by atoms with Crippen LogP contribution >= 0.6 is 12.2 Å². The molecule has 1 aromatic rings. The average molecular weight is 321 g/mol. The van der Waals surface area contributed by atoms with Gasteiger partial charge in [-0.25, -0.2) is 4.79 Å². The number of carboxylic acid groups (broad SMARTS) is 1. The van der Waals surface area contributed by atoms with E-state index in [2.05, 4.69) is 10.6 Å². The second-order valence-electron chi connectivity index (χ2n) is 5.18. The van der Waals surface area contributed by atoms with Crippen molar-refractivity contribution in [3.63, 3.8) is 0 Å². The number of nitrogens with zero attached hydrogens (tertiary/aromatic N) is 1. The van der Waals surface area contributed by atoms with Crippen molar-refractivity contribution in [2.45, 2.75) is 12.8 Å². The zero-order valence-corrected chi connectivity index (χ0v) is 12.9. The number of rotatable bonds is 4. The van der Waals surface area contributed by atoms with Crippen molar-refractivity contribution in [1.29, 1.82) is 0 Å². The van der Waals surface area contributed by atoms with Gasteiger partial charge in [0.2, 0.25) is 0 Å². The number of piperidine rings is 1. The molecule has 0 atom stereocenters. The molecule has 2 rings (SSSR count). The number of likely N-dealkylation sites (tertiary alicyclic amines) is 1. The number of thiocarbonyl (C=S) groups is 1. The van der Waals surface area contributed by atoms with Gasteiger partial charge in [-0.1, -0.05) is 18.2 Å². The summed E-state index contributed by atoms with van der Waals surface area (Å²) in [7, 11) is 0. The van der Waals surface area contributed by atoms with E-state index in [1.165, 1.54) is 4.90 Å². The van der Waals surface area contributed by atoms with E-state index in [0.717, 1.165) is 5.69 Å². The largest absolute Gasteiger partial charge is 0.465 e. The van der Waals surface area contributed by atoms with Crippen molar-refractivity contribution < 1.29 is 14.7 Å². The van der Waals surface area contributed by atoms with E-state index < -0.39 is 6.09 Å². The lowest BCUT2D eigenvalue weighted by Gasteiger charge is -2.29. The molecular weight excluding hydrogens is 302 g/mol. The maximum absolute atomic E-state index is 12.1. The zero-order valence-electron chi connectivity index (χ0n) is 12.1. The first-order valence-electron chi connectivity index (χ1n) is 7.17. The number of benzene rings is 1. The summed E-state index contributed by atoms with van der Waals surface area (Å²) in [4.78, 5) is 24.3. The minimum atomic E-state index is -0.919. The van der Waals surface area contributed by atoms with Crippen LogP contribution in [0.25, 0.3) is 0 Å². The molecule has 0 aromatic heterocycles. The Balaban J connectivity index is 1.72. The molecule has 118 valence electrons. The van der Waals surface area contributed by atoms with Crippen LogP contribution in [-0.4, -0.2) is 46.6 Å². The van der Waals surface area contributed by atoms with Gasteiger partial charge in [-0.2, -0.15) is 0 Å². The summed E-state index contributed by atoms with van der Waals surface area (Å²) in [6.07, 6.45) is 0.231. The van der Waals surface area contributed by atoms with Gasteiger partial charge < -0.3 is 20.6 Å². The van der Waals surface area contributed by atoms with Crippen molar-refractivity contribution in [3.8, 4) is 0 Å². The highest BCUT2D eigenvalue weighted by Gasteiger charge is 2.26. The van der Waals surface area contributed by atoms with Crippen LogP contribution in [0.5, 0.6) is 0 Å². The highest BCUT2D eigenvalue weighted by atomic mass is 32.1. The van der Waals surface area contributed by atoms with Crippen LogP contribution < -0.4 is 10.6 Å². The van der Waals surface area contributed by atoms with E-state index in [1.54, 1.807) is 0 Å². The van der Waals surface area contributed by atoms with E-state index in [4.69, 9.17) is 17.3 Å². The predicted octanol–water partition coefficient (Wildman–Crippen LogP) is 1.93. The van der Waals surface area contributed by atoms with Gasteiger partial charge in [-0.3, -0.25) is 4.79 Å². The Hall–Kier alpha value is -2.15. The van der Waals surface area contributed by atoms with Crippen LogP contribution in [0.4, 0.5) is 10.5 Å². The maximum atomic E-state index is 12.1. The smallest absolute Gasteiger partial charge is 0.407 e. The van der Waals surface area contributed by atoms with Crippen LogP contribution in [0.1, 0.15) is 12.8 Å². The second kappa shape index (κ2) is 7.74. The first-order valence-corrected chi connectivity index (χ1v) is 7.57. The number of carbonyl (C=O) groups is 2. The van der Waals surface area contributed by atoms with E-state index in [-0.39, 0.29) is 18.2 Å². The number of hydrogen-bond acceptors (Lipinski definition) is 3. The highest BCUT2D eigenvalue weighted by Crippen LogP contribution is 2.17. The van der Waals surface area contributed by atoms with Gasteiger partial charge in [-0.05, 0) is 37.2 Å². The molecule has 1 fully saturated rings. The molecule has 1 amide bonds. The van der Waals surface area contributed by atoms with Crippen LogP contribution in [0, 0.1) is 5.92 Å². The molecule has 3 N–H and O–H groups in total. The Morgan fingerprint density at radius 2 is 1.86 bits per heavy atom. The Kier molecular flexibility index (Phi) is 5.71. The monoisotopic (exact) mass is 321 g/mol. The summed E-state index contributed by atoms with van der Waals surface area (Å²) in [5, 5.41) is 15.2. The molecule has 6 nitrogen and oxygen atoms in total. The summed E-state index contributed by atoms with van der Waals surface area (Å²) in [5.41, 5.74) is 0.863. The molecular formula is C15H19N3O3S. The summed E-state index contributed by atoms with van der Waals surface area (Å²) < 4.78 is 0. The standard InChI is InChI=1S/C15H19N3O3S/c19-13(11-6-8-18(9-7-11)15(20)21)10-16-14(22)17-12-4-2-1-3-5-12/h1-5,11H,6-10H2,(H,20,21)(H2,16,17,22). The number of Topliss-reactive ketones (excluding diaryl/α,β-unsaturated/α-hetero) is 1. The van der Waals surface area contributed by atoms with Gasteiger partial charge >= 0.3 is 6.09 Å². The van der Waals surface area contributed by atoms with Gasteiger partial charge in [0.25, 0.3) is 0 Å². The predicted molar refractivity (Wildman–Crippen MR) is 88.0 cm³/mol. The van der Waals surface area contributed by atoms with Gasteiger partial charge in [0.1, 0.15) is 0 Å². The van der Waals surface area contributed by atoms with Crippen molar-refractivity contribution in [3.05, 3.63) is 30.3 Å². The molecule has 7 heteroatoms.